The molecule has 2 saturated carbocycles. The van der Waals surface area contributed by atoms with E-state index in [2.05, 4.69) is 18.2 Å². The van der Waals surface area contributed by atoms with Gasteiger partial charge < -0.3 is 9.47 Å². The van der Waals surface area contributed by atoms with Crippen LogP contribution in [0, 0.1) is 28.9 Å². The third-order valence-electron chi connectivity index (χ3n) is 7.28. The minimum atomic E-state index is -5.23. The number of benzene rings is 1. The molecule has 0 aromatic heterocycles. The molecule has 9 heteroatoms. The van der Waals surface area contributed by atoms with Crippen LogP contribution in [0.4, 0.5) is 22.0 Å². The maximum Gasteiger partial charge on any atom is 0.573 e. The van der Waals surface area contributed by atoms with Crippen molar-refractivity contribution < 1.29 is 36.2 Å². The van der Waals surface area contributed by atoms with Crippen LogP contribution in [-0.4, -0.2) is 21.9 Å². The number of rotatable bonds is 5. The molecule has 0 unspecified atom stereocenters. The molecule has 0 spiro atoms. The van der Waals surface area contributed by atoms with Crippen molar-refractivity contribution in [2.75, 3.05) is 0 Å². The molecular formula is C22H29F5O3Si. The fourth-order valence-corrected chi connectivity index (χ4v) is 6.41. The number of carbonyl (C=O) groups excluding carboxylic acids is 1. The van der Waals surface area contributed by atoms with Crippen LogP contribution in [0.2, 0.25) is 12.1 Å². The second-order valence-corrected chi connectivity index (χ2v) is 11.2. The van der Waals surface area contributed by atoms with Crippen LogP contribution >= 0.6 is 0 Å². The second-order valence-electron chi connectivity index (χ2n) is 9.24. The van der Waals surface area contributed by atoms with Gasteiger partial charge in [0.1, 0.15) is 5.75 Å². The number of halogens is 5. The Morgan fingerprint density at radius 3 is 2.06 bits per heavy atom. The first-order chi connectivity index (χ1) is 14.5. The van der Waals surface area contributed by atoms with E-state index in [1.807, 2.05) is 0 Å². The lowest BCUT2D eigenvalue weighted by Gasteiger charge is -2.45. The highest BCUT2D eigenvalue weighted by Crippen LogP contribution is 2.51. The van der Waals surface area contributed by atoms with Crippen molar-refractivity contribution in [1.29, 1.82) is 0 Å². The van der Waals surface area contributed by atoms with E-state index in [-0.39, 0.29) is 15.4 Å². The third kappa shape index (κ3) is 5.99. The van der Waals surface area contributed by atoms with Gasteiger partial charge in [-0.15, -0.1) is 13.2 Å². The minimum absolute atomic E-state index is 0.0477. The van der Waals surface area contributed by atoms with Gasteiger partial charge in [0.05, 0.1) is 5.92 Å². The summed E-state index contributed by atoms with van der Waals surface area (Å²) < 4.78 is 72.8. The lowest BCUT2D eigenvalue weighted by atomic mass is 9.62. The fraction of sp³-hybridized carbons (Fsp3) is 0.682. The zero-order chi connectivity index (χ0) is 22.8. The number of carbonyl (C=O) groups is 1. The molecule has 0 atom stereocenters. The van der Waals surface area contributed by atoms with Crippen molar-refractivity contribution in [2.24, 2.45) is 17.3 Å². The lowest BCUT2D eigenvalue weighted by molar-refractivity contribution is -0.276. The predicted molar refractivity (Wildman–Crippen MR) is 109 cm³/mol. The quantitative estimate of drug-likeness (QED) is 0.227. The van der Waals surface area contributed by atoms with E-state index in [1.54, 1.807) is 0 Å². The largest absolute Gasteiger partial charge is 0.573 e. The van der Waals surface area contributed by atoms with E-state index < -0.39 is 35.5 Å². The molecule has 3 rings (SSSR count). The Morgan fingerprint density at radius 1 is 1.03 bits per heavy atom. The zero-order valence-corrected chi connectivity index (χ0v) is 19.3. The van der Waals surface area contributed by atoms with Gasteiger partial charge in [-0.2, -0.15) is 0 Å². The molecule has 2 aliphatic rings. The van der Waals surface area contributed by atoms with Crippen molar-refractivity contribution in [1.82, 2.24) is 0 Å². The molecule has 1 aromatic rings. The molecule has 0 heterocycles. The van der Waals surface area contributed by atoms with Gasteiger partial charge in [0.15, 0.2) is 11.6 Å². The van der Waals surface area contributed by atoms with Crippen molar-refractivity contribution >= 4 is 15.5 Å². The van der Waals surface area contributed by atoms with Gasteiger partial charge in [-0.1, -0.05) is 31.9 Å². The Bertz CT molecular complexity index is 759. The third-order valence-corrected chi connectivity index (χ3v) is 9.25. The normalized spacial score (nSPS) is 29.8. The Kier molecular flexibility index (Phi) is 7.33. The summed E-state index contributed by atoms with van der Waals surface area (Å²) in [5.41, 5.74) is 1.27. The number of alkyl halides is 3. The molecule has 0 amide bonds. The van der Waals surface area contributed by atoms with Crippen LogP contribution in [0.25, 0.3) is 0 Å². The number of hydrogen-bond acceptors (Lipinski definition) is 3. The van der Waals surface area contributed by atoms with Crippen LogP contribution in [-0.2, 0) is 4.79 Å². The van der Waals surface area contributed by atoms with Crippen LogP contribution in [0.1, 0.15) is 58.3 Å². The average Bonchev–Trinajstić information content (AvgIpc) is 2.71. The molecule has 0 N–H and O–H groups in total. The predicted octanol–water partition coefficient (Wildman–Crippen LogP) is 6.16. The first-order valence-electron chi connectivity index (χ1n) is 11.0. The Morgan fingerprint density at radius 2 is 1.58 bits per heavy atom. The topological polar surface area (TPSA) is 35.5 Å². The summed E-state index contributed by atoms with van der Waals surface area (Å²) in [6.45, 7) is 4.73. The highest BCUT2D eigenvalue weighted by Gasteiger charge is 2.40. The number of ether oxygens (including phenoxy) is 2. The van der Waals surface area contributed by atoms with Crippen molar-refractivity contribution in [2.45, 2.75) is 76.7 Å². The Balaban J connectivity index is 1.56. The summed E-state index contributed by atoms with van der Waals surface area (Å²) in [7, 11) is 0.0477. The monoisotopic (exact) mass is 464 g/mol. The Labute approximate surface area is 181 Å². The summed E-state index contributed by atoms with van der Waals surface area (Å²) in [6.07, 6.45) is 2.98. The Hall–Kier alpha value is -1.64. The summed E-state index contributed by atoms with van der Waals surface area (Å²) in [5.74, 6) is -5.62. The minimum Gasteiger partial charge on any atom is -0.426 e. The van der Waals surface area contributed by atoms with Crippen LogP contribution in [0.15, 0.2) is 12.1 Å². The molecule has 3 nitrogen and oxygen atoms in total. The van der Waals surface area contributed by atoms with E-state index in [0.29, 0.717) is 36.3 Å². The standard InChI is InChI=1S/C22H29F5O3Si/c1-21(9-7-16(31-2)8-10-21)14-5-3-13(4-6-14)20(28)29-15-11-17(23)19(18(24)12-15)30-22(25,26)27/h11-14,16H,3-10,31H2,1-2H3. The second kappa shape index (κ2) is 9.46. The highest BCUT2D eigenvalue weighted by molar-refractivity contribution is 6.35. The smallest absolute Gasteiger partial charge is 0.426 e. The fourth-order valence-electron chi connectivity index (χ4n) is 5.19. The number of esters is 1. The van der Waals surface area contributed by atoms with Crippen LogP contribution in [0.3, 0.4) is 0 Å². The SMILES string of the molecule is C[SiH2]C1CCC(C)(C2CCC(C(=O)Oc3cc(F)c(OC(F)(F)F)c(F)c3)CC2)CC1. The van der Waals surface area contributed by atoms with Crippen molar-refractivity contribution in [3.05, 3.63) is 23.8 Å². The zero-order valence-electron chi connectivity index (χ0n) is 17.9. The van der Waals surface area contributed by atoms with E-state index in [4.69, 9.17) is 4.74 Å². The lowest BCUT2D eigenvalue weighted by Crippen LogP contribution is -2.36. The van der Waals surface area contributed by atoms with Gasteiger partial charge in [0.2, 0.25) is 5.75 Å². The molecule has 2 aliphatic carbocycles. The summed E-state index contributed by atoms with van der Waals surface area (Å²) in [5, 5.41) is 0. The van der Waals surface area contributed by atoms with E-state index in [9.17, 15) is 26.7 Å². The summed E-state index contributed by atoms with van der Waals surface area (Å²) in [4.78, 5) is 12.5. The molecule has 0 bridgehead atoms. The van der Waals surface area contributed by atoms with Gasteiger partial charge in [0, 0.05) is 21.7 Å². The maximum absolute atomic E-state index is 13.8. The van der Waals surface area contributed by atoms with E-state index in [0.717, 1.165) is 18.4 Å². The maximum atomic E-state index is 13.8. The average molecular weight is 465 g/mol. The molecule has 0 radical (unpaired) electrons. The molecular weight excluding hydrogens is 435 g/mol. The molecule has 2 fully saturated rings. The summed E-state index contributed by atoms with van der Waals surface area (Å²) in [6, 6.07) is 1.06. The summed E-state index contributed by atoms with van der Waals surface area (Å²) >= 11 is 0. The first kappa shape index (κ1) is 24.0. The van der Waals surface area contributed by atoms with Gasteiger partial charge in [-0.25, -0.2) is 8.78 Å². The molecule has 31 heavy (non-hydrogen) atoms. The van der Waals surface area contributed by atoms with Crippen molar-refractivity contribution in [3.63, 3.8) is 0 Å². The van der Waals surface area contributed by atoms with Crippen LogP contribution < -0.4 is 9.47 Å². The molecule has 0 aliphatic heterocycles. The van der Waals surface area contributed by atoms with E-state index >= 15 is 0 Å². The van der Waals surface area contributed by atoms with Gasteiger partial charge >= 0.3 is 12.3 Å². The first-order valence-corrected chi connectivity index (χ1v) is 13.2. The van der Waals surface area contributed by atoms with Gasteiger partial charge in [-0.05, 0) is 49.9 Å². The van der Waals surface area contributed by atoms with Crippen molar-refractivity contribution in [3.8, 4) is 11.5 Å². The van der Waals surface area contributed by atoms with E-state index in [1.165, 1.54) is 25.7 Å². The molecule has 1 aromatic carbocycles. The van der Waals surface area contributed by atoms with Gasteiger partial charge in [0.25, 0.3) is 0 Å². The van der Waals surface area contributed by atoms with Gasteiger partial charge in [-0.3, -0.25) is 4.79 Å². The highest BCUT2D eigenvalue weighted by atomic mass is 28.2. The number of hydrogen-bond donors (Lipinski definition) is 0. The van der Waals surface area contributed by atoms with Crippen LogP contribution in [0.5, 0.6) is 11.5 Å². The molecule has 0 saturated heterocycles. The molecule has 174 valence electrons.